The normalized spacial score (nSPS) is 21.6. The standard InChI is InChI=1S/C57H75N7O14S2/c1-33(65)47-52(72)62-45(53(73)74)32-80-79-31-44(61-50(70)42(28-34-15-9-8-10-16-34)63-55(76)78-57(5,6)7)46(67)30-38(27-35-20-24-39(66)25-21-35)48(68)60-43(29-37-23-22-36-17-11-12-18-40(36)37)51(71)59-41(49(69)64-47)19-13-14-26-58-54(75)77-56(2,3)4/h8-12,15-18,20-21,23-25,33,38,41-45,47,65-66H,13-14,19,22,26-32H2,1-7H3,(H,58,75)(H,59,71)(H,60,68)(H,61,70)(H,62,72)(H,63,76)(H,64,69)(H,73,74)/t33-,38-,41+,42?,43-,44+,45+,47+/m1/s1. The molecular formula is C57H75N7O14S2. The van der Waals surface area contributed by atoms with Crippen molar-refractivity contribution in [3.8, 4) is 5.75 Å². The maximum atomic E-state index is 15.0. The molecule has 1 saturated heterocycles. The zero-order valence-corrected chi connectivity index (χ0v) is 47.8. The molecule has 7 amide bonds. The third-order valence-corrected chi connectivity index (χ3v) is 15.1. The SMILES string of the molecule is C[C@@H](O)[C@@H]1NC(=O)[C@H](CCCCNC(=O)OC(C)(C)C)NC(=O)[C@@H](CC2=CCc3ccccc32)NC(=O)[C@H](Cc2ccc(O)cc2)CC(=O)[C@@H](NC(=O)C(Cc2ccccc2)NC(=O)OC(C)(C)C)CSSC[C@@H](C(=O)O)NC1=O. The largest absolute Gasteiger partial charge is 0.508 e. The molecular weight excluding hydrogens is 1070 g/mol. The van der Waals surface area contributed by atoms with Gasteiger partial charge >= 0.3 is 18.2 Å². The van der Waals surface area contributed by atoms with Gasteiger partial charge in [0.05, 0.1) is 12.1 Å². The van der Waals surface area contributed by atoms with Gasteiger partial charge in [-0.15, -0.1) is 0 Å². The van der Waals surface area contributed by atoms with E-state index >= 15 is 4.79 Å². The number of nitrogens with one attached hydrogen (secondary N) is 7. The lowest BCUT2D eigenvalue weighted by molar-refractivity contribution is -0.142. The first-order valence-electron chi connectivity index (χ1n) is 26.5. The number of fused-ring (bicyclic) bond motifs is 1. The first-order valence-corrected chi connectivity index (χ1v) is 29.0. The third kappa shape index (κ3) is 21.2. The molecule has 80 heavy (non-hydrogen) atoms. The van der Waals surface area contributed by atoms with Gasteiger partial charge in [0.2, 0.25) is 29.5 Å². The Morgan fingerprint density at radius 1 is 0.713 bits per heavy atom. The summed E-state index contributed by atoms with van der Waals surface area (Å²) in [5.74, 6) is -8.28. The van der Waals surface area contributed by atoms with Gasteiger partial charge in [-0.25, -0.2) is 14.4 Å². The van der Waals surface area contributed by atoms with Gasteiger partial charge in [0.25, 0.3) is 0 Å². The molecule has 434 valence electrons. The van der Waals surface area contributed by atoms with Crippen molar-refractivity contribution >= 4 is 80.6 Å². The van der Waals surface area contributed by atoms with Gasteiger partial charge in [0.1, 0.15) is 47.2 Å². The number of ether oxygens (including phenoxy) is 2. The van der Waals surface area contributed by atoms with Crippen LogP contribution in [0, 0.1) is 5.92 Å². The van der Waals surface area contributed by atoms with Gasteiger partial charge in [-0.1, -0.05) is 94.4 Å². The van der Waals surface area contributed by atoms with Gasteiger partial charge in [-0.2, -0.15) is 0 Å². The Morgan fingerprint density at radius 3 is 2.00 bits per heavy atom. The van der Waals surface area contributed by atoms with Gasteiger partial charge < -0.3 is 62.0 Å². The summed E-state index contributed by atoms with van der Waals surface area (Å²) in [6.07, 6.45) is -1.01. The number of benzene rings is 3. The Hall–Kier alpha value is -7.11. The van der Waals surface area contributed by atoms with E-state index in [4.69, 9.17) is 9.47 Å². The van der Waals surface area contributed by atoms with Crippen LogP contribution >= 0.6 is 21.6 Å². The highest BCUT2D eigenvalue weighted by atomic mass is 33.1. The second-order valence-corrected chi connectivity index (χ2v) is 24.3. The molecule has 0 radical (unpaired) electrons. The molecule has 1 unspecified atom stereocenters. The fraction of sp³-hybridized carbons (Fsp3) is 0.491. The van der Waals surface area contributed by atoms with E-state index in [0.29, 0.717) is 29.5 Å². The van der Waals surface area contributed by atoms with Crippen LogP contribution in [-0.2, 0) is 62.3 Å². The minimum Gasteiger partial charge on any atom is -0.508 e. The number of carboxylic acid groups (broad SMARTS) is 1. The molecule has 3 aromatic carbocycles. The van der Waals surface area contributed by atoms with E-state index in [-0.39, 0.29) is 55.9 Å². The minimum atomic E-state index is -1.73. The van der Waals surface area contributed by atoms with Gasteiger partial charge in [0.15, 0.2) is 5.78 Å². The number of carbonyl (C=O) groups excluding carboxylic acids is 8. The zero-order valence-electron chi connectivity index (χ0n) is 46.1. The molecule has 8 atom stereocenters. The smallest absolute Gasteiger partial charge is 0.408 e. The quantitative estimate of drug-likeness (QED) is 0.0689. The van der Waals surface area contributed by atoms with Crippen LogP contribution in [0.25, 0.3) is 5.57 Å². The van der Waals surface area contributed by atoms with E-state index in [1.54, 1.807) is 84.0 Å². The van der Waals surface area contributed by atoms with Crippen molar-refractivity contribution in [2.45, 2.75) is 153 Å². The lowest BCUT2D eigenvalue weighted by Gasteiger charge is -2.29. The average molecular weight is 1150 g/mol. The van der Waals surface area contributed by atoms with Crippen molar-refractivity contribution in [1.29, 1.82) is 0 Å². The monoisotopic (exact) mass is 1150 g/mol. The van der Waals surface area contributed by atoms with Crippen LogP contribution in [0.4, 0.5) is 9.59 Å². The Bertz CT molecular complexity index is 2690. The fourth-order valence-corrected chi connectivity index (χ4v) is 11.0. The number of unbranched alkanes of at least 4 members (excludes halogenated alkanes) is 1. The molecule has 0 saturated carbocycles. The molecule has 0 spiro atoms. The van der Waals surface area contributed by atoms with Crippen LogP contribution in [0.2, 0.25) is 0 Å². The van der Waals surface area contributed by atoms with Crippen LogP contribution in [0.15, 0.2) is 84.9 Å². The number of aromatic hydroxyl groups is 1. The van der Waals surface area contributed by atoms with Crippen molar-refractivity contribution in [1.82, 2.24) is 37.2 Å². The van der Waals surface area contributed by atoms with Crippen molar-refractivity contribution < 1.29 is 67.9 Å². The Balaban J connectivity index is 1.56. The van der Waals surface area contributed by atoms with Crippen LogP contribution in [0.3, 0.4) is 0 Å². The number of aliphatic carboxylic acids is 1. The molecule has 1 heterocycles. The van der Waals surface area contributed by atoms with Crippen molar-refractivity contribution in [2.24, 2.45) is 5.92 Å². The lowest BCUT2D eigenvalue weighted by atomic mass is 9.90. The van der Waals surface area contributed by atoms with E-state index in [9.17, 15) is 53.7 Å². The molecule has 1 aliphatic heterocycles. The predicted molar refractivity (Wildman–Crippen MR) is 303 cm³/mol. The number of carbonyl (C=O) groups is 9. The number of hydrogen-bond donors (Lipinski definition) is 10. The number of phenolic OH excluding ortho intramolecular Hbond substituents is 1. The van der Waals surface area contributed by atoms with Crippen LogP contribution in [0.1, 0.15) is 103 Å². The number of aliphatic hydroxyl groups is 1. The highest BCUT2D eigenvalue weighted by molar-refractivity contribution is 8.76. The summed E-state index contributed by atoms with van der Waals surface area (Å²) in [5, 5.41) is 49.9. The summed E-state index contributed by atoms with van der Waals surface area (Å²) in [6.45, 7) is 11.4. The van der Waals surface area contributed by atoms with E-state index in [1.807, 2.05) is 30.3 Å². The summed E-state index contributed by atoms with van der Waals surface area (Å²) < 4.78 is 10.8. The van der Waals surface area contributed by atoms with E-state index in [0.717, 1.165) is 32.7 Å². The minimum absolute atomic E-state index is 0.0228. The molecule has 23 heteroatoms. The molecule has 3 aromatic rings. The number of rotatable bonds is 16. The fourth-order valence-electron chi connectivity index (χ4n) is 8.67. The second-order valence-electron chi connectivity index (χ2n) is 21.7. The van der Waals surface area contributed by atoms with Gasteiger partial charge in [0, 0.05) is 43.2 Å². The van der Waals surface area contributed by atoms with E-state index in [1.165, 1.54) is 19.1 Å². The van der Waals surface area contributed by atoms with Crippen molar-refractivity contribution in [3.63, 3.8) is 0 Å². The molecule has 0 bridgehead atoms. The van der Waals surface area contributed by atoms with Crippen molar-refractivity contribution in [2.75, 3.05) is 18.1 Å². The maximum absolute atomic E-state index is 15.0. The number of carboxylic acids is 1. The Morgan fingerprint density at radius 2 is 1.34 bits per heavy atom. The summed E-state index contributed by atoms with van der Waals surface area (Å²) in [5.41, 5.74) is 2.00. The summed E-state index contributed by atoms with van der Waals surface area (Å²) >= 11 is 0. The first-order chi connectivity index (χ1) is 37.7. The zero-order chi connectivity index (χ0) is 58.7. The topological polar surface area (TPSA) is 317 Å². The van der Waals surface area contributed by atoms with Gasteiger partial charge in [-0.3, -0.25) is 28.8 Å². The second kappa shape index (κ2) is 29.9. The highest BCUT2D eigenvalue weighted by Crippen LogP contribution is 2.31. The Labute approximate surface area is 474 Å². The van der Waals surface area contributed by atoms with Gasteiger partial charge in [-0.05, 0) is 121 Å². The molecule has 0 aromatic heterocycles. The number of hydrogen-bond acceptors (Lipinski definition) is 15. The Kier molecular flexibility index (Phi) is 23.8. The van der Waals surface area contributed by atoms with Crippen LogP contribution in [0.5, 0.6) is 5.75 Å². The molecule has 21 nitrogen and oxygen atoms in total. The maximum Gasteiger partial charge on any atom is 0.408 e. The van der Waals surface area contributed by atoms with Crippen LogP contribution < -0.4 is 37.2 Å². The van der Waals surface area contributed by atoms with Crippen LogP contribution in [-0.4, -0.2) is 140 Å². The summed E-state index contributed by atoms with van der Waals surface area (Å²) in [6, 6.07) is 13.4. The highest BCUT2D eigenvalue weighted by Gasteiger charge is 2.37. The number of allylic oxidation sites excluding steroid dienone is 1. The number of amides is 7. The summed E-state index contributed by atoms with van der Waals surface area (Å²) in [7, 11) is 1.91. The van der Waals surface area contributed by atoms with E-state index in [2.05, 4.69) is 37.2 Å². The molecule has 1 aliphatic carbocycles. The summed E-state index contributed by atoms with van der Waals surface area (Å²) in [4.78, 5) is 126. The average Bonchev–Trinajstić information content (AvgIpc) is 3.83. The number of ketones is 1. The number of phenols is 1. The molecule has 2 aliphatic rings. The van der Waals surface area contributed by atoms with E-state index < -0.39 is 119 Å². The third-order valence-electron chi connectivity index (χ3n) is 12.7. The lowest BCUT2D eigenvalue weighted by Crippen LogP contribution is -2.60. The number of aliphatic hydroxyl groups excluding tert-OH is 1. The molecule has 5 rings (SSSR count). The molecule has 10 N–H and O–H groups in total. The first kappa shape index (κ1) is 63.7. The molecule has 1 fully saturated rings. The number of Topliss-reactive ketones (excluding diaryl/α,β-unsaturated/α-hetero) is 1. The van der Waals surface area contributed by atoms with Crippen molar-refractivity contribution in [3.05, 3.63) is 107 Å². The number of alkyl carbamates (subject to hydrolysis) is 2. The predicted octanol–water partition coefficient (Wildman–Crippen LogP) is 4.66.